The van der Waals surface area contributed by atoms with Crippen molar-refractivity contribution in [3.05, 3.63) is 30.6 Å². The Morgan fingerprint density at radius 1 is 1.13 bits per heavy atom. The van der Waals surface area contributed by atoms with E-state index >= 15 is 0 Å². The summed E-state index contributed by atoms with van der Waals surface area (Å²) in [5.74, 6) is 1.38. The van der Waals surface area contributed by atoms with Gasteiger partial charge in [0.15, 0.2) is 17.0 Å². The molecular formula is C26H39IN7O3P. The second-order valence-electron chi connectivity index (χ2n) is 9.04. The lowest BCUT2D eigenvalue weighted by Gasteiger charge is -2.29. The van der Waals surface area contributed by atoms with Gasteiger partial charge in [-0.15, -0.1) is 0 Å². The first kappa shape index (κ1) is 30.3. The topological polar surface area (TPSA) is 117 Å². The third-order valence-electron chi connectivity index (χ3n) is 6.21. The number of anilines is 3. The standard InChI is InChI=1S/C24H33IN7O3P.C2H6/c1-31-13-11-18(12-14-31)27-22-21-23(32(36-25)16-26-21)30-24(29-22)28-17-7-9-19(10-8-17)35-15-5-3-2-4-6-20(33)34;1-2/h7-10,16,18,36H,2-6,11-15H2,1H3,(H,33,34)(H2,27,28,29,30);1-2H3. The van der Waals surface area contributed by atoms with Gasteiger partial charge in [-0.25, -0.2) is 4.98 Å². The second kappa shape index (κ2) is 16.0. The zero-order valence-corrected chi connectivity index (χ0v) is 25.6. The Balaban J connectivity index is 0.00000195. The largest absolute Gasteiger partial charge is 0.494 e. The highest BCUT2D eigenvalue weighted by Gasteiger charge is 2.20. The van der Waals surface area contributed by atoms with Crippen molar-refractivity contribution in [3.8, 4) is 5.75 Å². The number of unbranched alkanes of at least 4 members (excludes halogenated alkanes) is 3. The summed E-state index contributed by atoms with van der Waals surface area (Å²) in [5.41, 5.74) is 2.50. The molecule has 1 aliphatic rings. The van der Waals surface area contributed by atoms with Gasteiger partial charge in [-0.1, -0.05) is 26.7 Å². The summed E-state index contributed by atoms with van der Waals surface area (Å²) < 4.78 is 7.87. The lowest BCUT2D eigenvalue weighted by Crippen LogP contribution is -2.37. The number of imidazole rings is 1. The van der Waals surface area contributed by atoms with Crippen LogP contribution in [0.1, 0.15) is 58.8 Å². The highest BCUT2D eigenvalue weighted by molar-refractivity contribution is 14.2. The van der Waals surface area contributed by atoms with Crippen molar-refractivity contribution in [1.82, 2.24) is 24.2 Å². The number of likely N-dealkylation sites (tertiary alicyclic amines) is 1. The van der Waals surface area contributed by atoms with Gasteiger partial charge in [0.25, 0.3) is 0 Å². The molecule has 0 bridgehead atoms. The lowest BCUT2D eigenvalue weighted by molar-refractivity contribution is -0.137. The molecule has 4 rings (SSSR count). The van der Waals surface area contributed by atoms with Crippen molar-refractivity contribution in [2.45, 2.75) is 64.8 Å². The molecule has 0 aliphatic carbocycles. The number of hydrogen-bond acceptors (Lipinski definition) is 8. The average molecular weight is 656 g/mol. The fourth-order valence-electron chi connectivity index (χ4n) is 4.15. The van der Waals surface area contributed by atoms with E-state index in [1.165, 1.54) is 0 Å². The molecule has 38 heavy (non-hydrogen) atoms. The Kier molecular flexibility index (Phi) is 12.8. The molecule has 1 saturated heterocycles. The van der Waals surface area contributed by atoms with E-state index in [9.17, 15) is 4.79 Å². The maximum Gasteiger partial charge on any atom is 0.303 e. The Morgan fingerprint density at radius 2 is 1.84 bits per heavy atom. The van der Waals surface area contributed by atoms with Gasteiger partial charge in [-0.3, -0.25) is 9.13 Å². The number of rotatable bonds is 13. The van der Waals surface area contributed by atoms with Gasteiger partial charge in [0, 0.05) is 18.2 Å². The van der Waals surface area contributed by atoms with Gasteiger partial charge in [0.2, 0.25) is 5.95 Å². The number of fused-ring (bicyclic) bond motifs is 1. The van der Waals surface area contributed by atoms with Crippen molar-refractivity contribution in [1.29, 1.82) is 0 Å². The van der Waals surface area contributed by atoms with Crippen LogP contribution >= 0.6 is 28.4 Å². The van der Waals surface area contributed by atoms with Gasteiger partial charge in [0.05, 0.1) is 13.0 Å². The molecule has 1 aliphatic heterocycles. The number of hydrogen-bond donors (Lipinski definition) is 3. The van der Waals surface area contributed by atoms with Gasteiger partial charge < -0.3 is 25.4 Å². The summed E-state index contributed by atoms with van der Waals surface area (Å²) in [4.78, 5) is 27.0. The van der Waals surface area contributed by atoms with Gasteiger partial charge >= 0.3 is 5.97 Å². The number of carbonyl (C=O) groups is 1. The van der Waals surface area contributed by atoms with E-state index in [4.69, 9.17) is 19.8 Å². The molecule has 12 heteroatoms. The van der Waals surface area contributed by atoms with Crippen LogP contribution in [-0.2, 0) is 4.79 Å². The highest BCUT2D eigenvalue weighted by Crippen LogP contribution is 2.32. The smallest absolute Gasteiger partial charge is 0.303 e. The number of aliphatic carboxylic acids is 1. The lowest BCUT2D eigenvalue weighted by atomic mass is 10.1. The van der Waals surface area contributed by atoms with E-state index in [-0.39, 0.29) is 6.42 Å². The minimum Gasteiger partial charge on any atom is -0.494 e. The van der Waals surface area contributed by atoms with E-state index in [0.29, 0.717) is 25.0 Å². The predicted octanol–water partition coefficient (Wildman–Crippen LogP) is 6.31. The molecule has 10 nitrogen and oxygen atoms in total. The molecule has 2 aromatic heterocycles. The quantitative estimate of drug-likeness (QED) is 0.111. The van der Waals surface area contributed by atoms with Crippen LogP contribution in [0.25, 0.3) is 11.2 Å². The molecule has 1 aromatic carbocycles. The second-order valence-corrected chi connectivity index (χ2v) is 11.1. The molecule has 1 atom stereocenters. The van der Waals surface area contributed by atoms with E-state index in [2.05, 4.69) is 49.6 Å². The fourth-order valence-corrected chi connectivity index (χ4v) is 5.55. The Hall–Kier alpha value is -2.24. The molecule has 0 spiro atoms. The number of nitrogens with one attached hydrogen (secondary N) is 2. The zero-order chi connectivity index (χ0) is 27.3. The molecular weight excluding hydrogens is 616 g/mol. The Labute approximate surface area is 239 Å². The molecule has 3 aromatic rings. The first-order valence-corrected chi connectivity index (χ1v) is 17.4. The normalized spacial score (nSPS) is 14.4. The third kappa shape index (κ3) is 9.20. The van der Waals surface area contributed by atoms with E-state index in [0.717, 1.165) is 80.0 Å². The van der Waals surface area contributed by atoms with Crippen molar-refractivity contribution in [2.75, 3.05) is 37.4 Å². The molecule has 3 heterocycles. The minimum absolute atomic E-state index is 0.239. The summed E-state index contributed by atoms with van der Waals surface area (Å²) in [6.07, 6.45) is 8.21. The molecule has 1 unspecified atom stereocenters. The first-order chi connectivity index (χ1) is 18.5. The summed E-state index contributed by atoms with van der Waals surface area (Å²) in [6, 6.07) is 8.14. The minimum atomic E-state index is -0.731. The zero-order valence-electron chi connectivity index (χ0n) is 22.4. The molecule has 0 amide bonds. The summed E-state index contributed by atoms with van der Waals surface area (Å²) in [6.45, 7) is 6.76. The van der Waals surface area contributed by atoms with E-state index in [1.54, 1.807) is 0 Å². The molecule has 208 valence electrons. The average Bonchev–Trinajstić information content (AvgIpc) is 3.35. The molecule has 0 saturated carbocycles. The van der Waals surface area contributed by atoms with Crippen LogP contribution in [0.3, 0.4) is 0 Å². The monoisotopic (exact) mass is 655 g/mol. The van der Waals surface area contributed by atoms with E-state index in [1.807, 2.05) is 48.8 Å². The number of benzene rings is 1. The van der Waals surface area contributed by atoms with Gasteiger partial charge in [-0.2, -0.15) is 9.97 Å². The number of carboxylic acids is 1. The maximum atomic E-state index is 10.6. The van der Waals surface area contributed by atoms with Crippen LogP contribution in [-0.4, -0.2) is 68.1 Å². The number of carboxylic acid groups (broad SMARTS) is 1. The van der Waals surface area contributed by atoms with Crippen molar-refractivity contribution in [3.63, 3.8) is 0 Å². The molecule has 1 fully saturated rings. The molecule has 3 N–H and O–H groups in total. The number of piperidine rings is 1. The SMILES string of the molecule is CC.CN1CCC(Nc2nc(Nc3ccc(OCCCCCCC(=O)O)cc3)nc3c2ncn3PI)CC1. The number of aromatic nitrogens is 4. The van der Waals surface area contributed by atoms with Crippen LogP contribution in [0.2, 0.25) is 0 Å². The molecule has 0 radical (unpaired) electrons. The van der Waals surface area contributed by atoms with Crippen molar-refractivity contribution < 1.29 is 14.6 Å². The third-order valence-corrected chi connectivity index (χ3v) is 8.28. The first-order valence-electron chi connectivity index (χ1n) is 13.3. The summed E-state index contributed by atoms with van der Waals surface area (Å²) in [5, 5.41) is 15.6. The summed E-state index contributed by atoms with van der Waals surface area (Å²) >= 11 is 2.34. The van der Waals surface area contributed by atoms with Crippen LogP contribution < -0.4 is 15.4 Å². The maximum absolute atomic E-state index is 10.6. The Morgan fingerprint density at radius 3 is 2.53 bits per heavy atom. The van der Waals surface area contributed by atoms with Crippen LogP contribution in [0.5, 0.6) is 5.75 Å². The van der Waals surface area contributed by atoms with Crippen LogP contribution in [0.4, 0.5) is 17.5 Å². The van der Waals surface area contributed by atoms with Gasteiger partial charge in [0.1, 0.15) is 12.1 Å². The van der Waals surface area contributed by atoms with Gasteiger partial charge in [-0.05, 0) is 92.1 Å². The summed E-state index contributed by atoms with van der Waals surface area (Å²) in [7, 11) is 2.16. The Bertz CT molecular complexity index is 1140. The van der Waals surface area contributed by atoms with Crippen molar-refractivity contribution >= 4 is 63.0 Å². The number of ether oxygens (including phenoxy) is 1. The number of nitrogens with zero attached hydrogens (tertiary/aromatic N) is 5. The number of halogens is 1. The predicted molar refractivity (Wildman–Crippen MR) is 164 cm³/mol. The highest BCUT2D eigenvalue weighted by atomic mass is 127. The fraction of sp³-hybridized carbons (Fsp3) is 0.538. The van der Waals surface area contributed by atoms with Crippen LogP contribution in [0, 0.1) is 0 Å². The van der Waals surface area contributed by atoms with Crippen molar-refractivity contribution in [2.24, 2.45) is 0 Å². The van der Waals surface area contributed by atoms with E-state index < -0.39 is 5.97 Å². The van der Waals surface area contributed by atoms with Crippen LogP contribution in [0.15, 0.2) is 30.6 Å².